The maximum absolute atomic E-state index is 12.4. The molecule has 1 aromatic rings. The Bertz CT molecular complexity index is 668. The lowest BCUT2D eigenvalue weighted by Gasteiger charge is -2.22. The van der Waals surface area contributed by atoms with E-state index in [2.05, 4.69) is 30.3 Å². The highest BCUT2D eigenvalue weighted by Gasteiger charge is 2.34. The van der Waals surface area contributed by atoms with Gasteiger partial charge in [-0.3, -0.25) is 9.59 Å². The van der Waals surface area contributed by atoms with Crippen LogP contribution in [0.5, 0.6) is 0 Å². The first-order valence-electron chi connectivity index (χ1n) is 11.1. The highest BCUT2D eigenvalue weighted by Crippen LogP contribution is 2.39. The van der Waals surface area contributed by atoms with Crippen LogP contribution >= 0.6 is 0 Å². The van der Waals surface area contributed by atoms with Crippen LogP contribution in [0.4, 0.5) is 0 Å². The zero-order chi connectivity index (χ0) is 19.8. The Kier molecular flexibility index (Phi) is 7.88. The molecule has 0 radical (unpaired) electrons. The van der Waals surface area contributed by atoms with Crippen LogP contribution in [0.25, 0.3) is 0 Å². The SMILES string of the molecule is O=C(O)CCC/C=C\CC1C(=O)CC[C@@H]1c1ccc(CC2CCCCC2)cc1. The summed E-state index contributed by atoms with van der Waals surface area (Å²) in [4.78, 5) is 22.9. The molecule has 2 saturated carbocycles. The van der Waals surface area contributed by atoms with Crippen LogP contribution in [0.15, 0.2) is 36.4 Å². The van der Waals surface area contributed by atoms with Gasteiger partial charge in [0.05, 0.1) is 0 Å². The van der Waals surface area contributed by atoms with E-state index in [1.165, 1.54) is 49.7 Å². The Hall–Kier alpha value is -1.90. The molecule has 0 bridgehead atoms. The molecule has 2 atom stereocenters. The highest BCUT2D eigenvalue weighted by molar-refractivity contribution is 5.84. The zero-order valence-electron chi connectivity index (χ0n) is 16.9. The maximum Gasteiger partial charge on any atom is 0.303 e. The van der Waals surface area contributed by atoms with Crippen LogP contribution in [0.1, 0.15) is 87.7 Å². The number of carboxylic acid groups (broad SMARTS) is 1. The quantitative estimate of drug-likeness (QED) is 0.416. The fraction of sp³-hybridized carbons (Fsp3) is 0.600. The van der Waals surface area contributed by atoms with Gasteiger partial charge in [-0.05, 0) is 55.1 Å². The minimum absolute atomic E-state index is 0.0833. The molecule has 152 valence electrons. The summed E-state index contributed by atoms with van der Waals surface area (Å²) in [5, 5.41) is 8.68. The number of unbranched alkanes of at least 4 members (excludes halogenated alkanes) is 1. The Morgan fingerprint density at radius 2 is 1.79 bits per heavy atom. The van der Waals surface area contributed by atoms with Crippen molar-refractivity contribution >= 4 is 11.8 Å². The van der Waals surface area contributed by atoms with Gasteiger partial charge in [0.15, 0.2) is 0 Å². The lowest BCUT2D eigenvalue weighted by Crippen LogP contribution is -2.13. The standard InChI is InChI=1S/C25H34O3/c26-24-17-16-22(23(24)10-6-1-2-7-11-25(27)28)21-14-12-20(13-15-21)18-19-8-4-3-5-9-19/h1,6,12-15,19,22-23H,2-5,7-11,16-18H2,(H,27,28)/b6-1-/t22-,23?/m1/s1. The van der Waals surface area contributed by atoms with Gasteiger partial charge in [0.25, 0.3) is 0 Å². The molecule has 0 amide bonds. The van der Waals surface area contributed by atoms with E-state index in [0.717, 1.165) is 25.2 Å². The number of allylic oxidation sites excluding steroid dienone is 2. The van der Waals surface area contributed by atoms with Gasteiger partial charge in [0, 0.05) is 18.8 Å². The van der Waals surface area contributed by atoms with E-state index in [1.54, 1.807) is 0 Å². The molecule has 2 aliphatic carbocycles. The molecule has 3 heteroatoms. The number of Topliss-reactive ketones (excluding diaryl/α,β-unsaturated/α-hetero) is 1. The molecule has 1 aromatic carbocycles. The number of hydrogen-bond acceptors (Lipinski definition) is 2. The molecule has 3 nitrogen and oxygen atoms in total. The molecule has 0 spiro atoms. The Morgan fingerprint density at radius 3 is 2.50 bits per heavy atom. The molecule has 28 heavy (non-hydrogen) atoms. The first kappa shape index (κ1) is 20.8. The summed E-state index contributed by atoms with van der Waals surface area (Å²) >= 11 is 0. The van der Waals surface area contributed by atoms with Crippen molar-refractivity contribution in [3.05, 3.63) is 47.5 Å². The monoisotopic (exact) mass is 382 g/mol. The second-order valence-corrected chi connectivity index (χ2v) is 8.66. The number of carbonyl (C=O) groups is 2. The first-order chi connectivity index (χ1) is 13.6. The van der Waals surface area contributed by atoms with Crippen molar-refractivity contribution in [2.24, 2.45) is 11.8 Å². The van der Waals surface area contributed by atoms with E-state index in [0.29, 0.717) is 24.5 Å². The maximum atomic E-state index is 12.4. The fourth-order valence-corrected chi connectivity index (χ4v) is 4.96. The number of hydrogen-bond donors (Lipinski definition) is 1. The fourth-order valence-electron chi connectivity index (χ4n) is 4.96. The van der Waals surface area contributed by atoms with Crippen LogP contribution in [0.2, 0.25) is 0 Å². The normalized spacial score (nSPS) is 23.5. The van der Waals surface area contributed by atoms with Crippen LogP contribution < -0.4 is 0 Å². The number of carbonyl (C=O) groups excluding carboxylic acids is 1. The second-order valence-electron chi connectivity index (χ2n) is 8.66. The van der Waals surface area contributed by atoms with Crippen LogP contribution in [0, 0.1) is 11.8 Å². The summed E-state index contributed by atoms with van der Waals surface area (Å²) in [7, 11) is 0. The molecule has 1 N–H and O–H groups in total. The van der Waals surface area contributed by atoms with Gasteiger partial charge in [-0.15, -0.1) is 0 Å². The second kappa shape index (κ2) is 10.6. The van der Waals surface area contributed by atoms with Crippen molar-refractivity contribution < 1.29 is 14.7 Å². The molecular formula is C25H34O3. The predicted molar refractivity (Wildman–Crippen MR) is 112 cm³/mol. The summed E-state index contributed by atoms with van der Waals surface area (Å²) in [5.74, 6) is 0.907. The Balaban J connectivity index is 1.53. The predicted octanol–water partition coefficient (Wildman–Crippen LogP) is 6.07. The third kappa shape index (κ3) is 6.05. The molecule has 1 unspecified atom stereocenters. The summed E-state index contributed by atoms with van der Waals surface area (Å²) in [5.41, 5.74) is 2.75. The van der Waals surface area contributed by atoms with Crippen molar-refractivity contribution in [1.29, 1.82) is 0 Å². The van der Waals surface area contributed by atoms with E-state index >= 15 is 0 Å². The molecule has 0 aromatic heterocycles. The molecule has 0 aliphatic heterocycles. The third-order valence-corrected chi connectivity index (χ3v) is 6.58. The van der Waals surface area contributed by atoms with Crippen molar-refractivity contribution in [1.82, 2.24) is 0 Å². The Labute approximate surface area is 169 Å². The van der Waals surface area contributed by atoms with Crippen molar-refractivity contribution in [3.63, 3.8) is 0 Å². The minimum atomic E-state index is -0.744. The van der Waals surface area contributed by atoms with E-state index in [9.17, 15) is 9.59 Å². The van der Waals surface area contributed by atoms with Gasteiger partial charge < -0.3 is 5.11 Å². The smallest absolute Gasteiger partial charge is 0.303 e. The van der Waals surface area contributed by atoms with E-state index in [1.807, 2.05) is 6.08 Å². The van der Waals surface area contributed by atoms with Crippen LogP contribution in [0.3, 0.4) is 0 Å². The van der Waals surface area contributed by atoms with Crippen molar-refractivity contribution in [3.8, 4) is 0 Å². The molecule has 3 rings (SSSR count). The lowest BCUT2D eigenvalue weighted by molar-refractivity contribution is -0.137. The van der Waals surface area contributed by atoms with Gasteiger partial charge in [-0.1, -0.05) is 68.5 Å². The number of aliphatic carboxylic acids is 1. The van der Waals surface area contributed by atoms with Crippen molar-refractivity contribution in [2.75, 3.05) is 0 Å². The zero-order valence-corrected chi connectivity index (χ0v) is 16.9. The topological polar surface area (TPSA) is 54.4 Å². The van der Waals surface area contributed by atoms with Gasteiger partial charge in [-0.25, -0.2) is 0 Å². The van der Waals surface area contributed by atoms with Gasteiger partial charge in [0.2, 0.25) is 0 Å². The van der Waals surface area contributed by atoms with E-state index in [-0.39, 0.29) is 12.3 Å². The average Bonchev–Trinajstić information content (AvgIpc) is 3.06. The molecule has 0 saturated heterocycles. The largest absolute Gasteiger partial charge is 0.481 e. The minimum Gasteiger partial charge on any atom is -0.481 e. The Morgan fingerprint density at radius 1 is 1.04 bits per heavy atom. The lowest BCUT2D eigenvalue weighted by atomic mass is 9.83. The van der Waals surface area contributed by atoms with Gasteiger partial charge in [0.1, 0.15) is 5.78 Å². The van der Waals surface area contributed by atoms with E-state index in [4.69, 9.17) is 5.11 Å². The van der Waals surface area contributed by atoms with Gasteiger partial charge >= 0.3 is 5.97 Å². The van der Waals surface area contributed by atoms with E-state index < -0.39 is 5.97 Å². The van der Waals surface area contributed by atoms with Crippen LogP contribution in [-0.4, -0.2) is 16.9 Å². The average molecular weight is 383 g/mol. The summed E-state index contributed by atoms with van der Waals surface area (Å²) < 4.78 is 0. The highest BCUT2D eigenvalue weighted by atomic mass is 16.4. The number of ketones is 1. The molecule has 2 aliphatic rings. The molecular weight excluding hydrogens is 348 g/mol. The third-order valence-electron chi connectivity index (χ3n) is 6.58. The number of carboxylic acids is 1. The number of benzene rings is 1. The molecule has 0 heterocycles. The van der Waals surface area contributed by atoms with Gasteiger partial charge in [-0.2, -0.15) is 0 Å². The van der Waals surface area contributed by atoms with Crippen LogP contribution in [-0.2, 0) is 16.0 Å². The summed E-state index contributed by atoms with van der Waals surface area (Å²) in [6.07, 6.45) is 16.3. The first-order valence-corrected chi connectivity index (χ1v) is 11.1. The summed E-state index contributed by atoms with van der Waals surface area (Å²) in [6.45, 7) is 0. The summed E-state index contributed by atoms with van der Waals surface area (Å²) in [6, 6.07) is 9.08. The van der Waals surface area contributed by atoms with Crippen molar-refractivity contribution in [2.45, 2.75) is 83.0 Å². The molecule has 2 fully saturated rings. The number of rotatable bonds is 9.